The van der Waals surface area contributed by atoms with E-state index in [-0.39, 0.29) is 0 Å². The number of β-amino-alcohol motifs (C(OH)–C–C–N with tert-alkyl or cyclic N) is 1. The van der Waals surface area contributed by atoms with Gasteiger partial charge in [0.25, 0.3) is 0 Å². The summed E-state index contributed by atoms with van der Waals surface area (Å²) in [5.74, 6) is -1.62. The number of nitrogens with one attached hydrogen (secondary N) is 2. The zero-order chi connectivity index (χ0) is 19.2. The first-order valence-electron chi connectivity index (χ1n) is 8.80. The van der Waals surface area contributed by atoms with Gasteiger partial charge in [0.05, 0.1) is 24.5 Å². The topological polar surface area (TPSA) is 99.5 Å². The van der Waals surface area contributed by atoms with Gasteiger partial charge in [-0.2, -0.15) is 5.10 Å². The zero-order valence-corrected chi connectivity index (χ0v) is 15.5. The minimum atomic E-state index is -0.813. The largest absolute Gasteiger partial charge is 0.390 e. The Bertz CT molecular complexity index is 804. The third-order valence-electron chi connectivity index (χ3n) is 4.25. The van der Waals surface area contributed by atoms with Gasteiger partial charge in [0.15, 0.2) is 0 Å². The van der Waals surface area contributed by atoms with Crippen molar-refractivity contribution >= 4 is 34.8 Å². The van der Waals surface area contributed by atoms with Crippen molar-refractivity contribution in [1.82, 2.24) is 14.7 Å². The molecule has 1 aromatic carbocycles. The molecule has 1 unspecified atom stereocenters. The van der Waals surface area contributed by atoms with Gasteiger partial charge in [-0.25, -0.2) is 0 Å². The molecule has 3 rings (SSSR count). The highest BCUT2D eigenvalue weighted by Gasteiger charge is 2.18. The molecule has 9 heteroatoms. The van der Waals surface area contributed by atoms with E-state index in [2.05, 4.69) is 20.6 Å². The van der Waals surface area contributed by atoms with E-state index in [9.17, 15) is 14.7 Å². The van der Waals surface area contributed by atoms with Crippen LogP contribution in [0.5, 0.6) is 0 Å². The van der Waals surface area contributed by atoms with Crippen molar-refractivity contribution in [3.8, 4) is 0 Å². The van der Waals surface area contributed by atoms with Gasteiger partial charge in [0, 0.05) is 23.5 Å². The number of anilines is 2. The number of halogens is 1. The summed E-state index contributed by atoms with van der Waals surface area (Å²) in [6.07, 6.45) is 4.81. The molecule has 0 bridgehead atoms. The highest BCUT2D eigenvalue weighted by atomic mass is 35.5. The van der Waals surface area contributed by atoms with Crippen LogP contribution in [0.3, 0.4) is 0 Å². The van der Waals surface area contributed by atoms with Crippen molar-refractivity contribution in [2.75, 3.05) is 30.3 Å². The van der Waals surface area contributed by atoms with Crippen molar-refractivity contribution < 1.29 is 14.7 Å². The maximum atomic E-state index is 12.0. The number of benzene rings is 1. The number of rotatable bonds is 6. The van der Waals surface area contributed by atoms with E-state index in [0.717, 1.165) is 13.1 Å². The smallest absolute Gasteiger partial charge is 0.314 e. The van der Waals surface area contributed by atoms with E-state index in [1.165, 1.54) is 19.0 Å². The maximum absolute atomic E-state index is 12.0. The van der Waals surface area contributed by atoms with Crippen molar-refractivity contribution in [2.45, 2.75) is 25.5 Å². The fourth-order valence-electron chi connectivity index (χ4n) is 3.01. The van der Waals surface area contributed by atoms with Crippen LogP contribution in [0, 0.1) is 0 Å². The molecule has 1 aromatic heterocycles. The van der Waals surface area contributed by atoms with Crippen LogP contribution in [0.15, 0.2) is 36.7 Å². The Balaban J connectivity index is 1.48. The zero-order valence-electron chi connectivity index (χ0n) is 14.8. The lowest BCUT2D eigenvalue weighted by Gasteiger charge is -2.19. The molecule has 1 atom stereocenters. The number of aliphatic hydroxyl groups is 1. The average Bonchev–Trinajstić information content (AvgIpc) is 3.27. The molecule has 0 aliphatic carbocycles. The summed E-state index contributed by atoms with van der Waals surface area (Å²) in [5, 5.41) is 19.7. The number of aromatic nitrogens is 2. The molecule has 1 aliphatic heterocycles. The molecule has 3 N–H and O–H groups in total. The average molecular weight is 392 g/mol. The second-order valence-electron chi connectivity index (χ2n) is 6.53. The van der Waals surface area contributed by atoms with E-state index in [4.69, 9.17) is 11.6 Å². The Labute approximate surface area is 162 Å². The van der Waals surface area contributed by atoms with Crippen molar-refractivity contribution in [2.24, 2.45) is 0 Å². The number of hydrogen-bond acceptors (Lipinski definition) is 5. The van der Waals surface area contributed by atoms with Crippen LogP contribution in [0.25, 0.3) is 0 Å². The molecule has 1 fully saturated rings. The van der Waals surface area contributed by atoms with Crippen LogP contribution < -0.4 is 10.6 Å². The predicted octanol–water partition coefficient (Wildman–Crippen LogP) is 1.57. The SMILES string of the molecule is O=C(Nc1cccc(Cl)c1)C(=O)Nc1cnn(CC(O)CN2CCCC2)c1. The Morgan fingerprint density at radius 3 is 2.56 bits per heavy atom. The number of carbonyl (C=O) groups is 2. The molecular formula is C18H22ClN5O3. The number of aliphatic hydroxyl groups excluding tert-OH is 1. The molecule has 0 radical (unpaired) electrons. The van der Waals surface area contributed by atoms with E-state index in [1.807, 2.05) is 0 Å². The van der Waals surface area contributed by atoms with Gasteiger partial charge in [0.1, 0.15) is 0 Å². The van der Waals surface area contributed by atoms with Gasteiger partial charge in [-0.1, -0.05) is 17.7 Å². The summed E-state index contributed by atoms with van der Waals surface area (Å²) in [7, 11) is 0. The van der Waals surface area contributed by atoms with Crippen LogP contribution in [0.1, 0.15) is 12.8 Å². The first-order chi connectivity index (χ1) is 13.0. The fraction of sp³-hybridized carbons (Fsp3) is 0.389. The summed E-state index contributed by atoms with van der Waals surface area (Å²) in [6, 6.07) is 6.53. The van der Waals surface area contributed by atoms with Gasteiger partial charge in [0.2, 0.25) is 0 Å². The lowest BCUT2D eigenvalue weighted by atomic mass is 10.3. The van der Waals surface area contributed by atoms with E-state index in [1.54, 1.807) is 35.1 Å². The minimum Gasteiger partial charge on any atom is -0.390 e. The van der Waals surface area contributed by atoms with Crippen molar-refractivity contribution in [1.29, 1.82) is 0 Å². The molecule has 27 heavy (non-hydrogen) atoms. The minimum absolute atomic E-state index is 0.321. The molecule has 0 spiro atoms. The lowest BCUT2D eigenvalue weighted by molar-refractivity contribution is -0.132. The molecule has 2 heterocycles. The van der Waals surface area contributed by atoms with Gasteiger partial charge in [-0.3, -0.25) is 14.3 Å². The molecule has 8 nitrogen and oxygen atoms in total. The number of amides is 2. The molecule has 144 valence electrons. The Hall–Kier alpha value is -2.42. The van der Waals surface area contributed by atoms with Gasteiger partial charge in [-0.15, -0.1) is 0 Å². The van der Waals surface area contributed by atoms with E-state index < -0.39 is 17.9 Å². The number of likely N-dealkylation sites (tertiary alicyclic amines) is 1. The van der Waals surface area contributed by atoms with Crippen LogP contribution in [-0.2, 0) is 16.1 Å². The van der Waals surface area contributed by atoms with Crippen LogP contribution >= 0.6 is 11.6 Å². The summed E-state index contributed by atoms with van der Waals surface area (Å²) in [4.78, 5) is 26.2. The highest BCUT2D eigenvalue weighted by Crippen LogP contribution is 2.15. The van der Waals surface area contributed by atoms with Gasteiger partial charge >= 0.3 is 11.8 Å². The number of nitrogens with zero attached hydrogens (tertiary/aromatic N) is 3. The Kier molecular flexibility index (Phi) is 6.44. The summed E-state index contributed by atoms with van der Waals surface area (Å²) in [5.41, 5.74) is 0.818. The number of carbonyl (C=O) groups excluding carboxylic acids is 2. The molecule has 0 saturated carbocycles. The van der Waals surface area contributed by atoms with E-state index in [0.29, 0.717) is 29.5 Å². The third-order valence-corrected chi connectivity index (χ3v) is 4.48. The highest BCUT2D eigenvalue weighted by molar-refractivity contribution is 6.43. The van der Waals surface area contributed by atoms with Crippen LogP contribution in [-0.4, -0.2) is 57.3 Å². The first-order valence-corrected chi connectivity index (χ1v) is 9.18. The molecule has 1 saturated heterocycles. The van der Waals surface area contributed by atoms with E-state index >= 15 is 0 Å². The monoisotopic (exact) mass is 391 g/mol. The van der Waals surface area contributed by atoms with Crippen LogP contribution in [0.2, 0.25) is 5.02 Å². The first kappa shape index (κ1) is 19.3. The fourth-order valence-corrected chi connectivity index (χ4v) is 3.20. The number of hydrogen-bond donors (Lipinski definition) is 3. The molecule has 1 aliphatic rings. The maximum Gasteiger partial charge on any atom is 0.314 e. The predicted molar refractivity (Wildman–Crippen MR) is 103 cm³/mol. The van der Waals surface area contributed by atoms with Gasteiger partial charge in [-0.05, 0) is 44.1 Å². The van der Waals surface area contributed by atoms with Crippen molar-refractivity contribution in [3.05, 3.63) is 41.7 Å². The molecule has 2 aromatic rings. The second kappa shape index (κ2) is 8.98. The second-order valence-corrected chi connectivity index (χ2v) is 6.97. The Morgan fingerprint density at radius 1 is 1.15 bits per heavy atom. The summed E-state index contributed by atoms with van der Waals surface area (Å²) in [6.45, 7) is 2.95. The summed E-state index contributed by atoms with van der Waals surface area (Å²) >= 11 is 5.85. The molecular weight excluding hydrogens is 370 g/mol. The van der Waals surface area contributed by atoms with Crippen LogP contribution in [0.4, 0.5) is 11.4 Å². The normalized spacial score (nSPS) is 15.5. The van der Waals surface area contributed by atoms with Gasteiger partial charge < -0.3 is 20.6 Å². The lowest BCUT2D eigenvalue weighted by Crippen LogP contribution is -2.32. The molecule has 2 amide bonds. The Morgan fingerprint density at radius 2 is 1.85 bits per heavy atom. The standard InChI is InChI=1S/C18H22ClN5O3/c19-13-4-3-5-14(8-13)21-17(26)18(27)22-15-9-20-24(10-15)12-16(25)11-23-6-1-2-7-23/h3-5,8-10,16,25H,1-2,6-7,11-12H2,(H,21,26)(H,22,27). The third kappa shape index (κ3) is 5.78. The summed E-state index contributed by atoms with van der Waals surface area (Å²) < 4.78 is 1.55. The van der Waals surface area contributed by atoms with Crippen molar-refractivity contribution in [3.63, 3.8) is 0 Å². The quantitative estimate of drug-likeness (QED) is 0.649.